The van der Waals surface area contributed by atoms with Crippen molar-refractivity contribution in [3.63, 3.8) is 0 Å². The lowest BCUT2D eigenvalue weighted by molar-refractivity contribution is -0.152. The van der Waals surface area contributed by atoms with Crippen molar-refractivity contribution in [1.29, 1.82) is 0 Å². The second kappa shape index (κ2) is 10.4. The molecule has 3 atom stereocenters. The number of carbonyl (C=O) groups is 2. The molecule has 1 aliphatic heterocycles. The number of ether oxygens (including phenoxy) is 1. The minimum absolute atomic E-state index is 0.0226. The van der Waals surface area contributed by atoms with E-state index in [1.165, 1.54) is 31.4 Å². The molecule has 1 N–H and O–H groups in total. The van der Waals surface area contributed by atoms with Gasteiger partial charge in [-0.05, 0) is 63.7 Å². The van der Waals surface area contributed by atoms with Gasteiger partial charge in [-0.1, -0.05) is 43.2 Å². The largest absolute Gasteiger partial charge is 0.466 e. The summed E-state index contributed by atoms with van der Waals surface area (Å²) in [6.07, 6.45) is 14.1. The minimum Gasteiger partial charge on any atom is -0.466 e. The number of hydrogen-bond acceptors (Lipinski definition) is 4. The number of aryl methyl sites for hydroxylation is 1. The third-order valence-electron chi connectivity index (χ3n) is 7.21. The molecule has 1 heterocycles. The predicted molar refractivity (Wildman–Crippen MR) is 126 cm³/mol. The SMILES string of the molecule is CCOC(=O)C1CCCN(C(=O)c2ccccc2C)C1[C@@H]1C=CC(NC2CCCC2)=CC1. The molecule has 1 saturated carbocycles. The number of rotatable bonds is 6. The Labute approximate surface area is 191 Å². The van der Waals surface area contributed by atoms with E-state index in [0.717, 1.165) is 30.4 Å². The van der Waals surface area contributed by atoms with Crippen LogP contribution in [0.15, 0.2) is 48.2 Å². The molecule has 0 bridgehead atoms. The molecule has 2 aliphatic carbocycles. The van der Waals surface area contributed by atoms with Gasteiger partial charge in [0.05, 0.1) is 18.6 Å². The van der Waals surface area contributed by atoms with Gasteiger partial charge in [-0.3, -0.25) is 9.59 Å². The van der Waals surface area contributed by atoms with E-state index < -0.39 is 0 Å². The average Bonchev–Trinajstić information content (AvgIpc) is 3.32. The number of nitrogens with zero attached hydrogens (tertiary/aromatic N) is 1. The molecule has 3 aliphatic rings. The highest BCUT2D eigenvalue weighted by Gasteiger charge is 2.43. The third kappa shape index (κ3) is 4.92. The standard InChI is InChI=1S/C27H36N2O3/c1-3-32-27(31)24-13-8-18-29(26(30)23-12-7-4-9-19(23)2)25(24)20-14-16-22(17-15-20)28-21-10-5-6-11-21/h4,7,9,12,14,16-17,20-21,24-25,28H,3,5-6,8,10-11,13,15,18H2,1-2H3/t20-,24?,25?/m1/s1. The van der Waals surface area contributed by atoms with Gasteiger partial charge in [-0.2, -0.15) is 0 Å². The molecule has 1 aromatic rings. The Kier molecular flexibility index (Phi) is 7.33. The van der Waals surface area contributed by atoms with Gasteiger partial charge in [-0.25, -0.2) is 0 Å². The van der Waals surface area contributed by atoms with E-state index in [1.807, 2.05) is 43.0 Å². The van der Waals surface area contributed by atoms with Crippen LogP contribution in [0.5, 0.6) is 0 Å². The summed E-state index contributed by atoms with van der Waals surface area (Å²) in [5.41, 5.74) is 2.87. The van der Waals surface area contributed by atoms with Gasteiger partial charge in [0.15, 0.2) is 0 Å². The fourth-order valence-corrected chi connectivity index (χ4v) is 5.56. The van der Waals surface area contributed by atoms with Crippen molar-refractivity contribution < 1.29 is 14.3 Å². The molecule has 32 heavy (non-hydrogen) atoms. The van der Waals surface area contributed by atoms with Crippen molar-refractivity contribution in [2.24, 2.45) is 11.8 Å². The number of nitrogens with one attached hydrogen (secondary N) is 1. The summed E-state index contributed by atoms with van der Waals surface area (Å²) in [5, 5.41) is 3.66. The van der Waals surface area contributed by atoms with Gasteiger partial charge in [-0.15, -0.1) is 0 Å². The highest BCUT2D eigenvalue weighted by Crippen LogP contribution is 2.35. The van der Waals surface area contributed by atoms with Crippen molar-refractivity contribution in [3.05, 3.63) is 59.3 Å². The molecular weight excluding hydrogens is 400 g/mol. The lowest BCUT2D eigenvalue weighted by Gasteiger charge is -2.44. The molecule has 4 rings (SSSR count). The van der Waals surface area contributed by atoms with Crippen LogP contribution in [0, 0.1) is 18.8 Å². The summed E-state index contributed by atoms with van der Waals surface area (Å²) in [6, 6.07) is 8.11. The summed E-state index contributed by atoms with van der Waals surface area (Å²) in [4.78, 5) is 28.5. The van der Waals surface area contributed by atoms with Crippen LogP contribution in [0.3, 0.4) is 0 Å². The van der Waals surface area contributed by atoms with Crippen LogP contribution in [-0.2, 0) is 9.53 Å². The highest BCUT2D eigenvalue weighted by molar-refractivity contribution is 5.96. The van der Waals surface area contributed by atoms with Gasteiger partial charge in [0, 0.05) is 29.8 Å². The van der Waals surface area contributed by atoms with Crippen LogP contribution in [0.25, 0.3) is 0 Å². The molecule has 0 aromatic heterocycles. The third-order valence-corrected chi connectivity index (χ3v) is 7.21. The lowest BCUT2D eigenvalue weighted by Crippen LogP contribution is -2.54. The van der Waals surface area contributed by atoms with Crippen molar-refractivity contribution in [3.8, 4) is 0 Å². The quantitative estimate of drug-likeness (QED) is 0.653. The first-order valence-electron chi connectivity index (χ1n) is 12.3. The molecular formula is C27H36N2O3. The van der Waals surface area contributed by atoms with E-state index in [0.29, 0.717) is 19.2 Å². The smallest absolute Gasteiger partial charge is 0.311 e. The zero-order valence-corrected chi connectivity index (χ0v) is 19.4. The van der Waals surface area contributed by atoms with Crippen LogP contribution >= 0.6 is 0 Å². The Morgan fingerprint density at radius 2 is 1.91 bits per heavy atom. The molecule has 2 fully saturated rings. The Balaban J connectivity index is 1.56. The molecule has 2 unspecified atom stereocenters. The number of hydrogen-bond donors (Lipinski definition) is 1. The Morgan fingerprint density at radius 3 is 2.59 bits per heavy atom. The average molecular weight is 437 g/mol. The maximum Gasteiger partial charge on any atom is 0.311 e. The molecule has 172 valence electrons. The van der Waals surface area contributed by atoms with E-state index in [9.17, 15) is 9.59 Å². The van der Waals surface area contributed by atoms with E-state index in [4.69, 9.17) is 4.74 Å². The van der Waals surface area contributed by atoms with Crippen molar-refractivity contribution in [2.45, 2.75) is 70.9 Å². The molecule has 0 radical (unpaired) electrons. The fraction of sp³-hybridized carbons (Fsp3) is 0.556. The first-order valence-corrected chi connectivity index (χ1v) is 12.3. The topological polar surface area (TPSA) is 58.6 Å². The normalized spacial score (nSPS) is 26.0. The Morgan fingerprint density at radius 1 is 1.12 bits per heavy atom. The Hall–Kier alpha value is -2.56. The van der Waals surface area contributed by atoms with Gasteiger partial charge in [0.25, 0.3) is 5.91 Å². The first kappa shape index (κ1) is 22.6. The van der Waals surface area contributed by atoms with Gasteiger partial charge in [0.2, 0.25) is 0 Å². The zero-order chi connectivity index (χ0) is 22.5. The maximum atomic E-state index is 13.6. The number of carbonyl (C=O) groups excluding carboxylic acids is 2. The van der Waals surface area contributed by atoms with E-state index in [1.54, 1.807) is 0 Å². The molecule has 1 aromatic carbocycles. The summed E-state index contributed by atoms with van der Waals surface area (Å²) in [7, 11) is 0. The van der Waals surface area contributed by atoms with Crippen molar-refractivity contribution >= 4 is 11.9 Å². The minimum atomic E-state index is -0.288. The predicted octanol–water partition coefficient (Wildman–Crippen LogP) is 4.77. The van der Waals surface area contributed by atoms with Crippen LogP contribution in [0.2, 0.25) is 0 Å². The number of piperidine rings is 1. The summed E-state index contributed by atoms with van der Waals surface area (Å²) >= 11 is 0. The number of benzene rings is 1. The van der Waals surface area contributed by atoms with E-state index >= 15 is 0 Å². The van der Waals surface area contributed by atoms with Crippen LogP contribution in [0.4, 0.5) is 0 Å². The molecule has 0 spiro atoms. The molecule has 1 amide bonds. The summed E-state index contributed by atoms with van der Waals surface area (Å²) in [5.74, 6) is -0.336. The monoisotopic (exact) mass is 436 g/mol. The fourth-order valence-electron chi connectivity index (χ4n) is 5.56. The number of amides is 1. The van der Waals surface area contributed by atoms with Gasteiger partial charge < -0.3 is 15.0 Å². The van der Waals surface area contributed by atoms with Crippen molar-refractivity contribution in [1.82, 2.24) is 10.2 Å². The maximum absolute atomic E-state index is 13.6. The summed E-state index contributed by atoms with van der Waals surface area (Å²) < 4.78 is 5.44. The van der Waals surface area contributed by atoms with Crippen LogP contribution in [0.1, 0.15) is 67.8 Å². The first-order chi connectivity index (χ1) is 15.6. The number of esters is 1. The second-order valence-corrected chi connectivity index (χ2v) is 9.35. The molecule has 5 heteroatoms. The van der Waals surface area contributed by atoms with Gasteiger partial charge >= 0.3 is 5.97 Å². The second-order valence-electron chi connectivity index (χ2n) is 9.35. The Bertz CT molecular complexity index is 885. The van der Waals surface area contributed by atoms with Crippen molar-refractivity contribution in [2.75, 3.05) is 13.2 Å². The zero-order valence-electron chi connectivity index (χ0n) is 19.4. The highest BCUT2D eigenvalue weighted by atomic mass is 16.5. The van der Waals surface area contributed by atoms with Crippen LogP contribution in [-0.4, -0.2) is 42.0 Å². The molecule has 5 nitrogen and oxygen atoms in total. The molecule has 1 saturated heterocycles. The van der Waals surface area contributed by atoms with E-state index in [-0.39, 0.29) is 29.8 Å². The number of likely N-dealkylation sites (tertiary alicyclic amines) is 1. The van der Waals surface area contributed by atoms with Gasteiger partial charge in [0.1, 0.15) is 0 Å². The lowest BCUT2D eigenvalue weighted by atomic mass is 9.78. The number of allylic oxidation sites excluding steroid dienone is 2. The summed E-state index contributed by atoms with van der Waals surface area (Å²) in [6.45, 7) is 4.86. The van der Waals surface area contributed by atoms with Crippen LogP contribution < -0.4 is 5.32 Å². The van der Waals surface area contributed by atoms with E-state index in [2.05, 4.69) is 23.5 Å².